The Hall–Kier alpha value is -3.79. The predicted octanol–water partition coefficient (Wildman–Crippen LogP) is 7.41. The van der Waals surface area contributed by atoms with Crippen LogP contribution in [-0.4, -0.2) is 27.4 Å². The van der Waals surface area contributed by atoms with E-state index in [0.717, 1.165) is 74.3 Å². The van der Waals surface area contributed by atoms with Crippen LogP contribution in [0.5, 0.6) is 0 Å². The summed E-state index contributed by atoms with van der Waals surface area (Å²) in [5.41, 5.74) is 2.25. The number of nitrogens with zero attached hydrogens (tertiary/aromatic N) is 1. The fourth-order valence-corrected chi connectivity index (χ4v) is 5.52. The van der Waals surface area contributed by atoms with Gasteiger partial charge in [-0.3, -0.25) is 9.52 Å². The van der Waals surface area contributed by atoms with Crippen molar-refractivity contribution < 1.29 is 26.4 Å². The summed E-state index contributed by atoms with van der Waals surface area (Å²) in [4.78, 5) is 15.0. The zero-order chi connectivity index (χ0) is 28.9. The van der Waals surface area contributed by atoms with E-state index in [0.29, 0.717) is 16.8 Å². The third-order valence-corrected chi connectivity index (χ3v) is 8.06. The molecule has 0 unspecified atom stereocenters. The number of nitrogens with one attached hydrogen (secondary N) is 2. The molecule has 0 radical (unpaired) electrons. The summed E-state index contributed by atoms with van der Waals surface area (Å²) in [5, 5.41) is 2.76. The molecule has 0 spiro atoms. The molecule has 0 saturated heterocycles. The molecule has 3 aromatic rings. The van der Waals surface area contributed by atoms with Crippen LogP contribution in [0, 0.1) is 0 Å². The molecule has 40 heavy (non-hydrogen) atoms. The van der Waals surface area contributed by atoms with Crippen LogP contribution in [0.25, 0.3) is 11.6 Å². The van der Waals surface area contributed by atoms with E-state index in [1.54, 1.807) is 6.08 Å². The molecule has 1 heterocycles. The Balaban J connectivity index is 1.57. The first kappa shape index (κ1) is 29.2. The van der Waals surface area contributed by atoms with E-state index in [4.69, 9.17) is 0 Å². The first-order valence-corrected chi connectivity index (χ1v) is 14.7. The third kappa shape index (κ3) is 6.85. The lowest BCUT2D eigenvalue weighted by atomic mass is 10.0. The molecule has 3 aromatic carbocycles. The van der Waals surface area contributed by atoms with Crippen molar-refractivity contribution in [2.75, 3.05) is 28.0 Å². The number of halogens is 3. The SMILES string of the molecule is CCCCN(CCCC)c1ccc(C=C2C(=O)Nc3ccc(S(=O)(=O)Nc4ccc(C(F)(F)F)cc4)cc32)cc1. The highest BCUT2D eigenvalue weighted by molar-refractivity contribution is 7.92. The number of benzene rings is 3. The van der Waals surface area contributed by atoms with Crippen molar-refractivity contribution in [3.8, 4) is 0 Å². The number of unbranched alkanes of at least 4 members (excludes halogenated alkanes) is 2. The standard InChI is InChI=1S/C30H32F3N3O3S/c1-3-5-17-36(18-6-4-2)24-13-7-21(8-14-24)19-27-26-20-25(15-16-28(26)34-29(27)37)40(38,39)35-23-11-9-22(10-12-23)30(31,32)33/h7-16,19-20,35H,3-6,17-18H2,1-2H3,(H,34,37). The molecule has 2 N–H and O–H groups in total. The lowest BCUT2D eigenvalue weighted by molar-refractivity contribution is -0.137. The van der Waals surface area contributed by atoms with E-state index in [9.17, 15) is 26.4 Å². The maximum absolute atomic E-state index is 13.0. The van der Waals surface area contributed by atoms with Gasteiger partial charge in [-0.2, -0.15) is 13.2 Å². The molecule has 6 nitrogen and oxygen atoms in total. The van der Waals surface area contributed by atoms with Gasteiger partial charge >= 0.3 is 6.18 Å². The van der Waals surface area contributed by atoms with Crippen molar-refractivity contribution in [2.45, 2.75) is 50.6 Å². The number of anilines is 3. The number of fused-ring (bicyclic) bond motifs is 1. The first-order chi connectivity index (χ1) is 19.0. The number of sulfonamides is 1. The van der Waals surface area contributed by atoms with Crippen LogP contribution in [0.2, 0.25) is 0 Å². The smallest absolute Gasteiger partial charge is 0.372 e. The number of hydrogen-bond donors (Lipinski definition) is 2. The monoisotopic (exact) mass is 571 g/mol. The fourth-order valence-electron chi connectivity index (χ4n) is 4.43. The molecule has 1 aliphatic rings. The van der Waals surface area contributed by atoms with Gasteiger partial charge in [0.25, 0.3) is 15.9 Å². The van der Waals surface area contributed by atoms with Gasteiger partial charge in [0.15, 0.2) is 0 Å². The minimum absolute atomic E-state index is 0.00882. The van der Waals surface area contributed by atoms with Gasteiger partial charge in [0.1, 0.15) is 0 Å². The molecular weight excluding hydrogens is 539 g/mol. The quantitative estimate of drug-likeness (QED) is 0.235. The van der Waals surface area contributed by atoms with Crippen molar-refractivity contribution in [2.24, 2.45) is 0 Å². The van der Waals surface area contributed by atoms with Crippen molar-refractivity contribution in [3.05, 3.63) is 83.4 Å². The summed E-state index contributed by atoms with van der Waals surface area (Å²) in [7, 11) is -4.13. The van der Waals surface area contributed by atoms with Gasteiger partial charge in [-0.25, -0.2) is 8.42 Å². The summed E-state index contributed by atoms with van der Waals surface area (Å²) >= 11 is 0. The summed E-state index contributed by atoms with van der Waals surface area (Å²) in [6, 6.07) is 15.9. The summed E-state index contributed by atoms with van der Waals surface area (Å²) in [6.45, 7) is 6.29. The van der Waals surface area contributed by atoms with Crippen LogP contribution in [0.3, 0.4) is 0 Å². The van der Waals surface area contributed by atoms with E-state index in [-0.39, 0.29) is 16.5 Å². The molecule has 0 aromatic heterocycles. The van der Waals surface area contributed by atoms with E-state index in [1.165, 1.54) is 18.2 Å². The third-order valence-electron chi connectivity index (χ3n) is 6.68. The molecular formula is C30H32F3N3O3S. The predicted molar refractivity (Wildman–Crippen MR) is 154 cm³/mol. The second-order valence-electron chi connectivity index (χ2n) is 9.69. The van der Waals surface area contributed by atoms with Gasteiger partial charge in [-0.1, -0.05) is 38.8 Å². The molecule has 0 bridgehead atoms. The molecule has 0 saturated carbocycles. The molecule has 10 heteroatoms. The Morgan fingerprint density at radius 2 is 1.52 bits per heavy atom. The molecule has 0 aliphatic carbocycles. The number of alkyl halides is 3. The highest BCUT2D eigenvalue weighted by Gasteiger charge is 2.30. The van der Waals surface area contributed by atoms with Gasteiger partial charge in [0.05, 0.1) is 10.5 Å². The van der Waals surface area contributed by atoms with Gasteiger partial charge in [-0.15, -0.1) is 0 Å². The van der Waals surface area contributed by atoms with Gasteiger partial charge in [0.2, 0.25) is 0 Å². The minimum atomic E-state index is -4.52. The first-order valence-electron chi connectivity index (χ1n) is 13.2. The topological polar surface area (TPSA) is 78.5 Å². The highest BCUT2D eigenvalue weighted by Crippen LogP contribution is 2.36. The molecule has 1 amide bonds. The van der Waals surface area contributed by atoms with Crippen LogP contribution < -0.4 is 14.9 Å². The Morgan fingerprint density at radius 1 is 0.900 bits per heavy atom. The van der Waals surface area contributed by atoms with Crippen molar-refractivity contribution >= 4 is 44.6 Å². The maximum atomic E-state index is 13.0. The van der Waals surface area contributed by atoms with E-state index in [2.05, 4.69) is 28.8 Å². The second-order valence-corrected chi connectivity index (χ2v) is 11.4. The average molecular weight is 572 g/mol. The average Bonchev–Trinajstić information content (AvgIpc) is 3.23. The van der Waals surface area contributed by atoms with Gasteiger partial charge in [0, 0.05) is 41.3 Å². The number of hydrogen-bond acceptors (Lipinski definition) is 4. The molecule has 4 rings (SSSR count). The molecule has 0 fully saturated rings. The number of carbonyl (C=O) groups excluding carboxylic acids is 1. The van der Waals surface area contributed by atoms with Crippen LogP contribution in [0.1, 0.15) is 56.2 Å². The highest BCUT2D eigenvalue weighted by atomic mass is 32.2. The van der Waals surface area contributed by atoms with E-state index < -0.39 is 21.8 Å². The van der Waals surface area contributed by atoms with Crippen LogP contribution >= 0.6 is 0 Å². The fraction of sp³-hybridized carbons (Fsp3) is 0.300. The minimum Gasteiger partial charge on any atom is -0.372 e. The van der Waals surface area contributed by atoms with Crippen molar-refractivity contribution in [1.29, 1.82) is 0 Å². The number of carbonyl (C=O) groups is 1. The summed E-state index contributed by atoms with van der Waals surface area (Å²) in [5.74, 6) is -0.350. The zero-order valence-corrected chi connectivity index (χ0v) is 23.2. The van der Waals surface area contributed by atoms with Crippen molar-refractivity contribution in [1.82, 2.24) is 0 Å². The Kier molecular flexibility index (Phi) is 8.88. The Bertz CT molecular complexity index is 1480. The van der Waals surface area contributed by atoms with E-state index in [1.807, 2.05) is 24.3 Å². The Morgan fingerprint density at radius 3 is 2.10 bits per heavy atom. The number of amides is 1. The summed E-state index contributed by atoms with van der Waals surface area (Å²) < 4.78 is 66.9. The van der Waals surface area contributed by atoms with E-state index >= 15 is 0 Å². The lowest BCUT2D eigenvalue weighted by Crippen LogP contribution is -2.25. The maximum Gasteiger partial charge on any atom is 0.416 e. The largest absolute Gasteiger partial charge is 0.416 e. The second kappa shape index (κ2) is 12.2. The molecule has 212 valence electrons. The molecule has 0 atom stereocenters. The van der Waals surface area contributed by atoms with Crippen molar-refractivity contribution in [3.63, 3.8) is 0 Å². The van der Waals surface area contributed by atoms with Crippen LogP contribution in [0.15, 0.2) is 71.6 Å². The summed E-state index contributed by atoms with van der Waals surface area (Å²) in [6.07, 6.45) is 1.62. The Labute approximate surface area is 233 Å². The lowest BCUT2D eigenvalue weighted by Gasteiger charge is -2.24. The van der Waals surface area contributed by atoms with Gasteiger partial charge in [-0.05, 0) is 79.1 Å². The number of rotatable bonds is 11. The van der Waals surface area contributed by atoms with Crippen LogP contribution in [0.4, 0.5) is 30.2 Å². The molecule has 1 aliphatic heterocycles. The normalized spacial score (nSPS) is 14.2. The van der Waals surface area contributed by atoms with Gasteiger partial charge < -0.3 is 10.2 Å². The zero-order valence-electron chi connectivity index (χ0n) is 22.4. The van der Waals surface area contributed by atoms with Crippen LogP contribution in [-0.2, 0) is 21.0 Å².